The van der Waals surface area contributed by atoms with Gasteiger partial charge in [-0.3, -0.25) is 0 Å². The van der Waals surface area contributed by atoms with Crippen LogP contribution in [0.3, 0.4) is 0 Å². The molecule has 1 aliphatic rings. The van der Waals surface area contributed by atoms with E-state index in [4.69, 9.17) is 0 Å². The molecule has 2 heteroatoms. The van der Waals surface area contributed by atoms with Crippen LogP contribution in [0.25, 0.3) is 6.08 Å². The second-order valence-corrected chi connectivity index (χ2v) is 5.64. The van der Waals surface area contributed by atoms with E-state index in [1.54, 1.807) is 0 Å². The molecule has 1 unspecified atom stereocenters. The van der Waals surface area contributed by atoms with Crippen molar-refractivity contribution < 1.29 is 0 Å². The minimum atomic E-state index is 0.797. The van der Waals surface area contributed by atoms with Crippen LogP contribution in [0.5, 0.6) is 0 Å². The summed E-state index contributed by atoms with van der Waals surface area (Å²) in [6, 6.07) is 11.3. The third kappa shape index (κ3) is 4.81. The van der Waals surface area contributed by atoms with Crippen molar-refractivity contribution in [1.82, 2.24) is 10.2 Å². The predicted molar refractivity (Wildman–Crippen MR) is 83.2 cm³/mol. The van der Waals surface area contributed by atoms with Crippen LogP contribution >= 0.6 is 0 Å². The molecule has 1 heterocycles. The van der Waals surface area contributed by atoms with Gasteiger partial charge in [0.05, 0.1) is 0 Å². The molecular formula is C17H26N2. The van der Waals surface area contributed by atoms with Crippen molar-refractivity contribution in [1.29, 1.82) is 0 Å². The Morgan fingerprint density at radius 3 is 2.84 bits per heavy atom. The minimum Gasteiger partial charge on any atom is -0.313 e. The summed E-state index contributed by atoms with van der Waals surface area (Å²) in [5.74, 6) is 0. The highest BCUT2D eigenvalue weighted by atomic mass is 15.1. The Balaban J connectivity index is 1.66. The molecule has 104 valence electrons. The van der Waals surface area contributed by atoms with Crippen molar-refractivity contribution in [2.45, 2.75) is 32.2 Å². The van der Waals surface area contributed by atoms with Crippen molar-refractivity contribution in [3.8, 4) is 0 Å². The molecule has 0 aliphatic carbocycles. The van der Waals surface area contributed by atoms with Gasteiger partial charge in [0.25, 0.3) is 0 Å². The van der Waals surface area contributed by atoms with Crippen LogP contribution in [0, 0.1) is 0 Å². The number of hydrogen-bond acceptors (Lipinski definition) is 2. The Bertz CT molecular complexity index is 397. The molecule has 0 bridgehead atoms. The average Bonchev–Trinajstić information content (AvgIpc) is 2.81. The normalized spacial score (nSPS) is 20.9. The van der Waals surface area contributed by atoms with Gasteiger partial charge in [0.1, 0.15) is 0 Å². The lowest BCUT2D eigenvalue weighted by Gasteiger charge is -2.19. The van der Waals surface area contributed by atoms with E-state index in [2.05, 4.69) is 60.6 Å². The average molecular weight is 258 g/mol. The second kappa shape index (κ2) is 7.46. The summed E-state index contributed by atoms with van der Waals surface area (Å²) in [4.78, 5) is 2.49. The van der Waals surface area contributed by atoms with E-state index in [1.165, 1.54) is 36.9 Å². The molecule has 0 aromatic heterocycles. The van der Waals surface area contributed by atoms with Crippen LogP contribution in [-0.2, 0) is 0 Å². The van der Waals surface area contributed by atoms with Gasteiger partial charge in [0, 0.05) is 12.6 Å². The molecule has 19 heavy (non-hydrogen) atoms. The first-order chi connectivity index (χ1) is 9.25. The topological polar surface area (TPSA) is 15.3 Å². The van der Waals surface area contributed by atoms with E-state index < -0.39 is 0 Å². The molecular weight excluding hydrogens is 232 g/mol. The Labute approximate surface area is 117 Å². The first kappa shape index (κ1) is 14.3. The van der Waals surface area contributed by atoms with E-state index in [1.807, 2.05) is 0 Å². The fraction of sp³-hybridized carbons (Fsp3) is 0.529. The number of benzene rings is 1. The van der Waals surface area contributed by atoms with Crippen LogP contribution in [0.4, 0.5) is 0 Å². The van der Waals surface area contributed by atoms with E-state index >= 15 is 0 Å². The van der Waals surface area contributed by atoms with Crippen LogP contribution in [0.2, 0.25) is 0 Å². The van der Waals surface area contributed by atoms with Crippen molar-refractivity contribution in [2.24, 2.45) is 0 Å². The molecule has 0 amide bonds. The minimum absolute atomic E-state index is 0.797. The summed E-state index contributed by atoms with van der Waals surface area (Å²) in [6.07, 6.45) is 6.27. The molecule has 0 spiro atoms. The zero-order valence-electron chi connectivity index (χ0n) is 12.2. The quantitative estimate of drug-likeness (QED) is 0.789. The zero-order chi connectivity index (χ0) is 13.5. The van der Waals surface area contributed by atoms with Crippen LogP contribution < -0.4 is 5.32 Å². The Hall–Kier alpha value is -1.12. The molecule has 1 atom stereocenters. The number of likely N-dealkylation sites (tertiary alicyclic amines) is 1. The van der Waals surface area contributed by atoms with Crippen molar-refractivity contribution >= 4 is 6.08 Å². The summed E-state index contributed by atoms with van der Waals surface area (Å²) in [5, 5.41) is 3.56. The van der Waals surface area contributed by atoms with Gasteiger partial charge in [-0.15, -0.1) is 0 Å². The number of hydrogen-bond donors (Lipinski definition) is 1. The van der Waals surface area contributed by atoms with E-state index in [-0.39, 0.29) is 0 Å². The van der Waals surface area contributed by atoms with Gasteiger partial charge in [-0.1, -0.05) is 42.0 Å². The summed E-state index contributed by atoms with van der Waals surface area (Å²) in [6.45, 7) is 5.58. The molecule has 2 nitrogen and oxygen atoms in total. The van der Waals surface area contributed by atoms with Crippen molar-refractivity contribution in [3.63, 3.8) is 0 Å². The standard InChI is InChI=1S/C17H26N2/c1-15(13-16-7-4-3-5-8-16)14-18-11-10-17-9-6-12-19(17)2/h3-5,7-8,13,17-18H,6,9-12,14H2,1-2H3. The third-order valence-electron chi connectivity index (χ3n) is 3.94. The Kier molecular flexibility index (Phi) is 5.62. The van der Waals surface area contributed by atoms with Gasteiger partial charge in [0.2, 0.25) is 0 Å². The fourth-order valence-corrected chi connectivity index (χ4v) is 2.78. The summed E-state index contributed by atoms with van der Waals surface area (Å²) >= 11 is 0. The number of nitrogens with zero attached hydrogens (tertiary/aromatic N) is 1. The van der Waals surface area contributed by atoms with E-state index in [9.17, 15) is 0 Å². The molecule has 1 aromatic rings. The van der Waals surface area contributed by atoms with Gasteiger partial charge in [0.15, 0.2) is 0 Å². The molecule has 1 aliphatic heterocycles. The lowest BCUT2D eigenvalue weighted by atomic mass is 10.1. The molecule has 0 radical (unpaired) electrons. The van der Waals surface area contributed by atoms with Crippen LogP contribution in [0.1, 0.15) is 31.7 Å². The van der Waals surface area contributed by atoms with E-state index in [0.717, 1.165) is 19.1 Å². The van der Waals surface area contributed by atoms with Gasteiger partial charge in [-0.2, -0.15) is 0 Å². The number of nitrogens with one attached hydrogen (secondary N) is 1. The first-order valence-corrected chi connectivity index (χ1v) is 7.39. The molecule has 1 saturated heterocycles. The third-order valence-corrected chi connectivity index (χ3v) is 3.94. The highest BCUT2D eigenvalue weighted by molar-refractivity contribution is 5.52. The maximum atomic E-state index is 3.56. The molecule has 1 fully saturated rings. The van der Waals surface area contributed by atoms with Crippen LogP contribution in [0.15, 0.2) is 35.9 Å². The highest BCUT2D eigenvalue weighted by Gasteiger charge is 2.19. The SMILES string of the molecule is CC(=Cc1ccccc1)CNCCC1CCCN1C. The Morgan fingerprint density at radius 2 is 2.16 bits per heavy atom. The van der Waals surface area contributed by atoms with Crippen molar-refractivity contribution in [2.75, 3.05) is 26.7 Å². The summed E-state index contributed by atoms with van der Waals surface area (Å²) < 4.78 is 0. The van der Waals surface area contributed by atoms with Gasteiger partial charge in [-0.25, -0.2) is 0 Å². The lowest BCUT2D eigenvalue weighted by Crippen LogP contribution is -2.29. The highest BCUT2D eigenvalue weighted by Crippen LogP contribution is 2.16. The lowest BCUT2D eigenvalue weighted by molar-refractivity contribution is 0.294. The number of rotatable bonds is 6. The summed E-state index contributed by atoms with van der Waals surface area (Å²) in [7, 11) is 2.25. The maximum Gasteiger partial charge on any atom is 0.0165 e. The Morgan fingerprint density at radius 1 is 1.37 bits per heavy atom. The van der Waals surface area contributed by atoms with E-state index in [0.29, 0.717) is 0 Å². The largest absolute Gasteiger partial charge is 0.313 e. The van der Waals surface area contributed by atoms with Crippen LogP contribution in [-0.4, -0.2) is 37.6 Å². The fourth-order valence-electron chi connectivity index (χ4n) is 2.78. The van der Waals surface area contributed by atoms with Crippen molar-refractivity contribution in [3.05, 3.63) is 41.5 Å². The first-order valence-electron chi connectivity index (χ1n) is 7.39. The molecule has 0 saturated carbocycles. The molecule has 1 N–H and O–H groups in total. The van der Waals surface area contributed by atoms with Gasteiger partial charge < -0.3 is 10.2 Å². The smallest absolute Gasteiger partial charge is 0.0165 e. The molecule has 2 rings (SSSR count). The second-order valence-electron chi connectivity index (χ2n) is 5.64. The van der Waals surface area contributed by atoms with Gasteiger partial charge in [-0.05, 0) is 51.9 Å². The van der Waals surface area contributed by atoms with Gasteiger partial charge >= 0.3 is 0 Å². The zero-order valence-corrected chi connectivity index (χ0v) is 12.2. The summed E-state index contributed by atoms with van der Waals surface area (Å²) in [5.41, 5.74) is 2.68. The molecule has 1 aromatic carbocycles. The maximum absolute atomic E-state index is 3.56. The monoisotopic (exact) mass is 258 g/mol. The predicted octanol–water partition coefficient (Wildman–Crippen LogP) is 3.16.